The zero-order valence-corrected chi connectivity index (χ0v) is 25.5. The van der Waals surface area contributed by atoms with Gasteiger partial charge in [0.15, 0.2) is 0 Å². The predicted molar refractivity (Wildman–Crippen MR) is 166 cm³/mol. The lowest BCUT2D eigenvalue weighted by atomic mass is 9.66. The normalized spacial score (nSPS) is 27.2. The largest absolute Gasteiger partial charge is 0.396 e. The Morgan fingerprint density at radius 3 is 2.47 bits per heavy atom. The van der Waals surface area contributed by atoms with Crippen molar-refractivity contribution in [3.05, 3.63) is 90.5 Å². The van der Waals surface area contributed by atoms with E-state index in [1.807, 2.05) is 69.3 Å². The molecule has 0 saturated carbocycles. The Morgan fingerprint density at radius 2 is 1.79 bits per heavy atom. The smallest absolute Gasteiger partial charge is 0.253 e. The van der Waals surface area contributed by atoms with E-state index in [9.17, 15) is 19.5 Å². The van der Waals surface area contributed by atoms with Crippen LogP contribution in [0.5, 0.6) is 0 Å². The minimum Gasteiger partial charge on any atom is -0.396 e. The van der Waals surface area contributed by atoms with Crippen LogP contribution >= 0.6 is 0 Å². The number of hydrogen-bond acceptors (Lipinski definition) is 5. The van der Waals surface area contributed by atoms with Gasteiger partial charge in [0.1, 0.15) is 11.6 Å². The molecule has 5 atom stereocenters. The molecule has 3 heterocycles. The molecule has 3 saturated heterocycles. The molecule has 8 nitrogen and oxygen atoms in total. The molecule has 2 aromatic carbocycles. The van der Waals surface area contributed by atoms with Crippen molar-refractivity contribution in [2.45, 2.75) is 63.8 Å². The maximum absolute atomic E-state index is 14.7. The standard InChI is InChI=1S/C35H43N3O5/c1-6-18-36(23-26-12-9-8-10-13-26)31(40)28-29-32(41)38(20-11-21-39)30(35(29)17-16-34(28,5)43-35)33(42)37(19-7-2)27-22-24(3)14-15-25(27)4/h6-10,12-15,22,28-30,39H,1-2,11,16-21,23H2,3-5H3/t28-,29-,30?,34+,35?/m0/s1. The summed E-state index contributed by atoms with van der Waals surface area (Å²) in [7, 11) is 0. The third-order valence-corrected chi connectivity index (χ3v) is 9.44. The van der Waals surface area contributed by atoms with Gasteiger partial charge in [0.05, 0.1) is 17.4 Å². The Bertz CT molecular complexity index is 1410. The Balaban J connectivity index is 1.57. The molecule has 3 aliphatic heterocycles. The van der Waals surface area contributed by atoms with Crippen LogP contribution in [0.1, 0.15) is 42.9 Å². The van der Waals surface area contributed by atoms with Gasteiger partial charge in [0.25, 0.3) is 5.91 Å². The van der Waals surface area contributed by atoms with Crippen LogP contribution in [0.25, 0.3) is 0 Å². The number of benzene rings is 2. The highest BCUT2D eigenvalue weighted by atomic mass is 16.5. The average molecular weight is 586 g/mol. The third kappa shape index (κ3) is 5.21. The lowest BCUT2D eigenvalue weighted by molar-refractivity contribution is -0.150. The van der Waals surface area contributed by atoms with Gasteiger partial charge in [-0.15, -0.1) is 13.2 Å². The van der Waals surface area contributed by atoms with Crippen molar-refractivity contribution in [3.63, 3.8) is 0 Å². The van der Waals surface area contributed by atoms with Crippen LogP contribution in [0.3, 0.4) is 0 Å². The molecular formula is C35H43N3O5. The monoisotopic (exact) mass is 585 g/mol. The van der Waals surface area contributed by atoms with Crippen LogP contribution in [-0.2, 0) is 25.7 Å². The molecule has 0 aromatic heterocycles. The van der Waals surface area contributed by atoms with Gasteiger partial charge in [0.2, 0.25) is 11.8 Å². The number of carbonyl (C=O) groups is 3. The average Bonchev–Trinajstić information content (AvgIpc) is 3.56. The summed E-state index contributed by atoms with van der Waals surface area (Å²) >= 11 is 0. The Kier molecular flexibility index (Phi) is 8.63. The van der Waals surface area contributed by atoms with Gasteiger partial charge >= 0.3 is 0 Å². The quantitative estimate of drug-likeness (QED) is 0.378. The summed E-state index contributed by atoms with van der Waals surface area (Å²) in [5.74, 6) is -2.24. The van der Waals surface area contributed by atoms with Gasteiger partial charge in [-0.3, -0.25) is 14.4 Å². The second-order valence-electron chi connectivity index (χ2n) is 12.4. The second kappa shape index (κ2) is 12.1. The third-order valence-electron chi connectivity index (χ3n) is 9.44. The first kappa shape index (κ1) is 30.7. The maximum Gasteiger partial charge on any atom is 0.253 e. The SMILES string of the molecule is C=CCN(Cc1ccccc1)C(=O)[C@@H]1[C@H]2C(=O)N(CCCO)C(C(=O)N(CC=C)c3cc(C)ccc3C)C23CC[C@@]1(C)O3. The fourth-order valence-corrected chi connectivity index (χ4v) is 7.55. The molecular weight excluding hydrogens is 542 g/mol. The highest BCUT2D eigenvalue weighted by Crippen LogP contribution is 2.63. The van der Waals surface area contributed by atoms with E-state index < -0.39 is 29.1 Å². The first-order valence-electron chi connectivity index (χ1n) is 15.2. The molecule has 2 unspecified atom stereocenters. The van der Waals surface area contributed by atoms with Gasteiger partial charge < -0.3 is 24.5 Å². The molecule has 0 aliphatic carbocycles. The summed E-state index contributed by atoms with van der Waals surface area (Å²) in [6.45, 7) is 14.7. The molecule has 3 amide bonds. The summed E-state index contributed by atoms with van der Waals surface area (Å²) in [4.78, 5) is 48.6. The fourth-order valence-electron chi connectivity index (χ4n) is 7.55. The number of likely N-dealkylation sites (tertiary alicyclic amines) is 1. The Labute approximate surface area is 254 Å². The van der Waals surface area contributed by atoms with E-state index in [1.165, 1.54) is 0 Å². The molecule has 1 spiro atoms. The van der Waals surface area contributed by atoms with Crippen molar-refractivity contribution in [1.29, 1.82) is 0 Å². The van der Waals surface area contributed by atoms with Gasteiger partial charge in [-0.2, -0.15) is 0 Å². The van der Waals surface area contributed by atoms with Gasteiger partial charge in [-0.05, 0) is 62.8 Å². The van der Waals surface area contributed by atoms with Crippen LogP contribution in [0.4, 0.5) is 5.69 Å². The number of ether oxygens (including phenoxy) is 1. The van der Waals surface area contributed by atoms with Crippen LogP contribution in [0, 0.1) is 25.7 Å². The first-order chi connectivity index (χ1) is 20.6. The van der Waals surface area contributed by atoms with Crippen molar-refractivity contribution in [3.8, 4) is 0 Å². The molecule has 43 heavy (non-hydrogen) atoms. The molecule has 228 valence electrons. The lowest BCUT2D eigenvalue weighted by Gasteiger charge is -2.37. The number of aryl methyl sites for hydroxylation is 2. The van der Waals surface area contributed by atoms with Crippen LogP contribution in [0.15, 0.2) is 73.8 Å². The highest BCUT2D eigenvalue weighted by molar-refractivity contribution is 6.05. The minimum atomic E-state index is -1.15. The fraction of sp³-hybridized carbons (Fsp3) is 0.457. The topological polar surface area (TPSA) is 90.4 Å². The summed E-state index contributed by atoms with van der Waals surface area (Å²) in [5, 5.41) is 9.71. The first-order valence-corrected chi connectivity index (χ1v) is 15.2. The van der Waals surface area contributed by atoms with Gasteiger partial charge in [-0.1, -0.05) is 54.6 Å². The van der Waals surface area contributed by atoms with Crippen LogP contribution < -0.4 is 4.90 Å². The highest BCUT2D eigenvalue weighted by Gasteiger charge is 2.78. The van der Waals surface area contributed by atoms with E-state index in [-0.39, 0.29) is 37.4 Å². The number of fused-ring (bicyclic) bond motifs is 1. The number of amides is 3. The van der Waals surface area contributed by atoms with Gasteiger partial charge in [-0.25, -0.2) is 0 Å². The summed E-state index contributed by atoms with van der Waals surface area (Å²) < 4.78 is 6.84. The molecule has 8 heteroatoms. The molecule has 5 rings (SSSR count). The Hall–Kier alpha value is -3.75. The molecule has 2 bridgehead atoms. The number of anilines is 1. The number of hydrogen-bond donors (Lipinski definition) is 1. The number of aliphatic hydroxyl groups is 1. The van der Waals surface area contributed by atoms with Crippen LogP contribution in [-0.4, -0.2) is 76.1 Å². The van der Waals surface area contributed by atoms with E-state index >= 15 is 0 Å². The van der Waals surface area contributed by atoms with Crippen molar-refractivity contribution < 1.29 is 24.2 Å². The maximum atomic E-state index is 14.7. The number of carbonyl (C=O) groups excluding carboxylic acids is 3. The van der Waals surface area contributed by atoms with Crippen molar-refractivity contribution in [2.75, 3.05) is 31.1 Å². The summed E-state index contributed by atoms with van der Waals surface area (Å²) in [5.41, 5.74) is 1.63. The van der Waals surface area contributed by atoms with E-state index in [4.69, 9.17) is 4.74 Å². The summed E-state index contributed by atoms with van der Waals surface area (Å²) in [6, 6.07) is 14.8. The van der Waals surface area contributed by atoms with E-state index in [0.717, 1.165) is 22.4 Å². The van der Waals surface area contributed by atoms with Crippen molar-refractivity contribution >= 4 is 23.4 Å². The minimum absolute atomic E-state index is 0.124. The Morgan fingerprint density at radius 1 is 1.07 bits per heavy atom. The van der Waals surface area contributed by atoms with E-state index in [0.29, 0.717) is 32.4 Å². The van der Waals surface area contributed by atoms with Crippen molar-refractivity contribution in [2.24, 2.45) is 11.8 Å². The molecule has 2 aromatic rings. The summed E-state index contributed by atoms with van der Waals surface area (Å²) in [6.07, 6.45) is 4.74. The number of nitrogens with zero attached hydrogens (tertiary/aromatic N) is 3. The molecule has 0 radical (unpaired) electrons. The lowest BCUT2D eigenvalue weighted by Crippen LogP contribution is -2.56. The van der Waals surface area contributed by atoms with E-state index in [2.05, 4.69) is 13.2 Å². The molecule has 3 aliphatic rings. The van der Waals surface area contributed by atoms with Crippen molar-refractivity contribution in [1.82, 2.24) is 9.80 Å². The zero-order chi connectivity index (χ0) is 30.9. The second-order valence-corrected chi connectivity index (χ2v) is 12.4. The predicted octanol–water partition coefficient (Wildman–Crippen LogP) is 4.18. The number of rotatable bonds is 12. The zero-order valence-electron chi connectivity index (χ0n) is 25.5. The number of aliphatic hydroxyl groups excluding tert-OH is 1. The molecule has 1 N–H and O–H groups in total. The van der Waals surface area contributed by atoms with Gasteiger partial charge in [0, 0.05) is 38.5 Å². The van der Waals surface area contributed by atoms with Crippen LogP contribution in [0.2, 0.25) is 0 Å². The molecule has 3 fully saturated rings. The van der Waals surface area contributed by atoms with E-state index in [1.54, 1.807) is 26.9 Å².